The predicted molar refractivity (Wildman–Crippen MR) is 96.3 cm³/mol. The van der Waals surface area contributed by atoms with Crippen LogP contribution in [0, 0.1) is 0 Å². The van der Waals surface area contributed by atoms with Crippen LogP contribution in [-0.4, -0.2) is 41.9 Å². The Morgan fingerprint density at radius 1 is 1.00 bits per heavy atom. The highest BCUT2D eigenvalue weighted by atomic mass is 19.4. The van der Waals surface area contributed by atoms with Gasteiger partial charge in [-0.15, -0.1) is 0 Å². The normalized spacial score (nSPS) is 13.4. The molecule has 3 amide bonds. The van der Waals surface area contributed by atoms with Gasteiger partial charge >= 0.3 is 6.18 Å². The van der Waals surface area contributed by atoms with E-state index >= 15 is 0 Å². The average Bonchev–Trinajstić information content (AvgIpc) is 2.93. The summed E-state index contributed by atoms with van der Waals surface area (Å²) in [6.07, 6.45) is -4.52. The fourth-order valence-corrected chi connectivity index (χ4v) is 2.86. The molecule has 0 spiro atoms. The molecule has 0 atom stereocenters. The lowest BCUT2D eigenvalue weighted by atomic mass is 10.1. The van der Waals surface area contributed by atoms with Gasteiger partial charge in [0.15, 0.2) is 6.61 Å². The second-order valence-corrected chi connectivity index (χ2v) is 6.39. The number of nitrogens with one attached hydrogen (secondary N) is 1. The van der Waals surface area contributed by atoms with E-state index in [1.807, 2.05) is 0 Å². The zero-order valence-electron chi connectivity index (χ0n) is 15.2. The van der Waals surface area contributed by atoms with Crippen LogP contribution in [0.3, 0.4) is 0 Å². The first-order valence-corrected chi connectivity index (χ1v) is 8.75. The Balaban J connectivity index is 1.49. The van der Waals surface area contributed by atoms with Gasteiger partial charge in [0.1, 0.15) is 5.75 Å². The molecule has 152 valence electrons. The number of hydrogen-bond acceptors (Lipinski definition) is 4. The van der Waals surface area contributed by atoms with Crippen molar-refractivity contribution in [2.75, 3.05) is 13.2 Å². The molecule has 1 N–H and O–H groups in total. The molecule has 0 bridgehead atoms. The number of ether oxygens (including phenoxy) is 1. The molecule has 2 aromatic carbocycles. The molecule has 6 nitrogen and oxygen atoms in total. The zero-order chi connectivity index (χ0) is 21.0. The number of hydrogen-bond donors (Lipinski definition) is 1. The number of halogens is 3. The molecular formula is C20H17F3N2O4. The van der Waals surface area contributed by atoms with Crippen LogP contribution in [-0.2, 0) is 11.3 Å². The summed E-state index contributed by atoms with van der Waals surface area (Å²) in [6, 6.07) is 12.4. The molecule has 0 fully saturated rings. The van der Waals surface area contributed by atoms with Gasteiger partial charge in [0.25, 0.3) is 11.8 Å². The molecular weight excluding hydrogens is 389 g/mol. The molecule has 0 saturated heterocycles. The second kappa shape index (κ2) is 8.34. The summed E-state index contributed by atoms with van der Waals surface area (Å²) in [5.41, 5.74) is 1.18. The fraction of sp³-hybridized carbons (Fsp3) is 0.250. The van der Waals surface area contributed by atoms with Crippen molar-refractivity contribution in [2.45, 2.75) is 19.1 Å². The monoisotopic (exact) mass is 406 g/mol. The second-order valence-electron chi connectivity index (χ2n) is 6.39. The van der Waals surface area contributed by atoms with Crippen LogP contribution in [0.2, 0.25) is 0 Å². The Hall–Kier alpha value is -3.36. The highest BCUT2D eigenvalue weighted by Crippen LogP contribution is 2.22. The molecule has 0 saturated carbocycles. The van der Waals surface area contributed by atoms with Crippen LogP contribution >= 0.6 is 0 Å². The third-order valence-corrected chi connectivity index (χ3v) is 4.23. The van der Waals surface area contributed by atoms with Crippen molar-refractivity contribution in [3.8, 4) is 5.75 Å². The summed E-state index contributed by atoms with van der Waals surface area (Å²) < 4.78 is 41.3. The number of carbonyl (C=O) groups excluding carboxylic acids is 3. The first-order valence-electron chi connectivity index (χ1n) is 8.75. The van der Waals surface area contributed by atoms with Gasteiger partial charge < -0.3 is 10.1 Å². The summed E-state index contributed by atoms with van der Waals surface area (Å²) in [6.45, 7) is -1.39. The van der Waals surface area contributed by atoms with E-state index in [9.17, 15) is 27.6 Å². The standard InChI is InChI=1S/C20H17F3N2O4/c21-20(22,23)12-29-14-5-3-4-13(10-14)11-24-17(26)8-9-25-18(27)15-6-1-2-7-16(15)19(25)28/h1-7,10H,8-9,11-12H2,(H,24,26). The number of rotatable bonds is 7. The van der Waals surface area contributed by atoms with E-state index in [1.54, 1.807) is 30.3 Å². The Morgan fingerprint density at radius 2 is 1.66 bits per heavy atom. The molecule has 0 aliphatic carbocycles. The van der Waals surface area contributed by atoms with Crippen molar-refractivity contribution in [1.29, 1.82) is 0 Å². The average molecular weight is 406 g/mol. The van der Waals surface area contributed by atoms with Crippen LogP contribution in [0.5, 0.6) is 5.75 Å². The Morgan fingerprint density at radius 3 is 2.28 bits per heavy atom. The van der Waals surface area contributed by atoms with E-state index in [2.05, 4.69) is 10.1 Å². The molecule has 9 heteroatoms. The lowest BCUT2D eigenvalue weighted by Crippen LogP contribution is -2.34. The van der Waals surface area contributed by atoms with E-state index < -0.39 is 30.5 Å². The first-order chi connectivity index (χ1) is 13.7. The molecule has 1 heterocycles. The number of alkyl halides is 3. The van der Waals surface area contributed by atoms with Crippen molar-refractivity contribution in [1.82, 2.24) is 10.2 Å². The molecule has 3 rings (SSSR count). The first kappa shape index (κ1) is 20.4. The van der Waals surface area contributed by atoms with Crippen LogP contribution in [0.15, 0.2) is 48.5 Å². The van der Waals surface area contributed by atoms with Gasteiger partial charge in [-0.05, 0) is 29.8 Å². The van der Waals surface area contributed by atoms with Gasteiger partial charge in [-0.3, -0.25) is 19.3 Å². The van der Waals surface area contributed by atoms with Crippen molar-refractivity contribution in [2.24, 2.45) is 0 Å². The zero-order valence-corrected chi connectivity index (χ0v) is 15.2. The van der Waals surface area contributed by atoms with Crippen LogP contribution in [0.25, 0.3) is 0 Å². The third kappa shape index (κ3) is 5.13. The van der Waals surface area contributed by atoms with Gasteiger partial charge in [-0.25, -0.2) is 0 Å². The lowest BCUT2D eigenvalue weighted by molar-refractivity contribution is -0.153. The fourth-order valence-electron chi connectivity index (χ4n) is 2.86. The molecule has 2 aromatic rings. The maximum atomic E-state index is 12.2. The minimum absolute atomic E-state index is 0.0418. The smallest absolute Gasteiger partial charge is 0.422 e. The number of imide groups is 1. The number of carbonyl (C=O) groups is 3. The number of nitrogens with zero attached hydrogens (tertiary/aromatic N) is 1. The van der Waals surface area contributed by atoms with E-state index in [1.165, 1.54) is 18.2 Å². The number of fused-ring (bicyclic) bond motifs is 1. The quantitative estimate of drug-likeness (QED) is 0.718. The minimum atomic E-state index is -4.44. The van der Waals surface area contributed by atoms with Crippen molar-refractivity contribution in [3.63, 3.8) is 0 Å². The van der Waals surface area contributed by atoms with Gasteiger partial charge in [0.2, 0.25) is 5.91 Å². The summed E-state index contributed by atoms with van der Waals surface area (Å²) in [7, 11) is 0. The van der Waals surface area contributed by atoms with Gasteiger partial charge in [0.05, 0.1) is 11.1 Å². The minimum Gasteiger partial charge on any atom is -0.484 e. The summed E-state index contributed by atoms with van der Waals surface area (Å²) in [5, 5.41) is 2.61. The van der Waals surface area contributed by atoms with Crippen molar-refractivity contribution >= 4 is 17.7 Å². The highest BCUT2D eigenvalue weighted by molar-refractivity contribution is 6.21. The van der Waals surface area contributed by atoms with Crippen molar-refractivity contribution < 1.29 is 32.3 Å². The largest absolute Gasteiger partial charge is 0.484 e. The summed E-state index contributed by atoms with van der Waals surface area (Å²) >= 11 is 0. The van der Waals surface area contributed by atoms with E-state index in [0.717, 1.165) is 4.90 Å². The Bertz CT molecular complexity index is 908. The maximum absolute atomic E-state index is 12.2. The van der Waals surface area contributed by atoms with E-state index in [4.69, 9.17) is 0 Å². The maximum Gasteiger partial charge on any atom is 0.422 e. The number of benzene rings is 2. The summed E-state index contributed by atoms with van der Waals surface area (Å²) in [4.78, 5) is 37.6. The predicted octanol–water partition coefficient (Wildman–Crippen LogP) is 2.93. The van der Waals surface area contributed by atoms with Crippen LogP contribution in [0.1, 0.15) is 32.7 Å². The van der Waals surface area contributed by atoms with Gasteiger partial charge in [0, 0.05) is 19.5 Å². The molecule has 1 aliphatic rings. The van der Waals surface area contributed by atoms with Crippen LogP contribution < -0.4 is 10.1 Å². The topological polar surface area (TPSA) is 75.7 Å². The third-order valence-electron chi connectivity index (χ3n) is 4.23. The molecule has 0 radical (unpaired) electrons. The SMILES string of the molecule is O=C(CCN1C(=O)c2ccccc2C1=O)NCc1cccc(OCC(F)(F)F)c1. The Kier molecular flexibility index (Phi) is 5.86. The van der Waals surface area contributed by atoms with Crippen LogP contribution in [0.4, 0.5) is 13.2 Å². The molecule has 1 aliphatic heterocycles. The molecule has 0 aromatic heterocycles. The summed E-state index contributed by atoms with van der Waals surface area (Å²) in [5.74, 6) is -1.23. The van der Waals surface area contributed by atoms with Gasteiger partial charge in [-0.1, -0.05) is 24.3 Å². The number of amides is 3. The van der Waals surface area contributed by atoms with Crippen molar-refractivity contribution in [3.05, 3.63) is 65.2 Å². The van der Waals surface area contributed by atoms with E-state index in [0.29, 0.717) is 16.7 Å². The molecule has 29 heavy (non-hydrogen) atoms. The molecule has 0 unspecified atom stereocenters. The lowest BCUT2D eigenvalue weighted by Gasteiger charge is -2.14. The Labute approximate surface area is 164 Å². The van der Waals surface area contributed by atoms with Gasteiger partial charge in [-0.2, -0.15) is 13.2 Å². The van der Waals surface area contributed by atoms with E-state index in [-0.39, 0.29) is 25.3 Å². The highest BCUT2D eigenvalue weighted by Gasteiger charge is 2.35.